The maximum absolute atomic E-state index is 4.94. The van der Waals surface area contributed by atoms with Crippen LogP contribution in [-0.4, -0.2) is 19.5 Å². The van der Waals surface area contributed by atoms with E-state index in [-0.39, 0.29) is 0 Å². The Morgan fingerprint density at radius 1 is 0.333 bits per heavy atom. The average molecular weight is 651 g/mol. The lowest BCUT2D eigenvalue weighted by Crippen LogP contribution is -1.94. The van der Waals surface area contributed by atoms with Gasteiger partial charge in [0, 0.05) is 40.8 Å². The third kappa shape index (κ3) is 4.80. The van der Waals surface area contributed by atoms with Crippen LogP contribution in [0.15, 0.2) is 182 Å². The number of aromatic nitrogens is 4. The summed E-state index contributed by atoms with van der Waals surface area (Å²) < 4.78 is 2.28. The molecule has 0 saturated heterocycles. The molecule has 4 nitrogen and oxygen atoms in total. The van der Waals surface area contributed by atoms with Crippen molar-refractivity contribution >= 4 is 43.5 Å². The van der Waals surface area contributed by atoms with Crippen LogP contribution in [0.5, 0.6) is 0 Å². The van der Waals surface area contributed by atoms with Crippen molar-refractivity contribution in [2.75, 3.05) is 0 Å². The average Bonchev–Trinajstić information content (AvgIpc) is 3.55. The van der Waals surface area contributed by atoms with Crippen LogP contribution in [0.25, 0.3) is 93.9 Å². The smallest absolute Gasteiger partial charge is 0.0963 e. The Labute approximate surface area is 295 Å². The lowest BCUT2D eigenvalue weighted by Gasteiger charge is -2.17. The van der Waals surface area contributed by atoms with E-state index in [2.05, 4.69) is 167 Å². The fourth-order valence-electron chi connectivity index (χ4n) is 7.63. The van der Waals surface area contributed by atoms with Crippen molar-refractivity contribution in [3.8, 4) is 50.5 Å². The molecule has 0 amide bonds. The Bertz CT molecular complexity index is 2760. The first-order valence-electron chi connectivity index (χ1n) is 17.2. The molecule has 10 rings (SSSR count). The number of benzene rings is 6. The minimum atomic E-state index is 0.842. The van der Waals surface area contributed by atoms with Gasteiger partial charge in [0.25, 0.3) is 0 Å². The Hall–Kier alpha value is -6.91. The molecule has 0 aliphatic heterocycles. The third-order valence-electron chi connectivity index (χ3n) is 9.96. The van der Waals surface area contributed by atoms with Crippen LogP contribution >= 0.6 is 0 Å². The molecule has 4 aromatic heterocycles. The number of para-hydroxylation sites is 1. The van der Waals surface area contributed by atoms with E-state index in [1.807, 2.05) is 24.7 Å². The van der Waals surface area contributed by atoms with E-state index in [4.69, 9.17) is 9.97 Å². The minimum absolute atomic E-state index is 0.842. The molecule has 0 unspecified atom stereocenters. The number of nitrogens with zero attached hydrogens (tertiary/aromatic N) is 4. The summed E-state index contributed by atoms with van der Waals surface area (Å²) in [4.78, 5) is 14.5. The molecule has 0 radical (unpaired) electrons. The van der Waals surface area contributed by atoms with Crippen LogP contribution in [0.3, 0.4) is 0 Å². The van der Waals surface area contributed by atoms with Gasteiger partial charge in [0.1, 0.15) is 0 Å². The Morgan fingerprint density at radius 3 is 1.45 bits per heavy atom. The van der Waals surface area contributed by atoms with Gasteiger partial charge < -0.3 is 4.57 Å². The highest BCUT2D eigenvalue weighted by atomic mass is 15.0. The quantitative estimate of drug-likeness (QED) is 0.174. The summed E-state index contributed by atoms with van der Waals surface area (Å²) in [5.41, 5.74) is 13.0. The fourth-order valence-corrected chi connectivity index (χ4v) is 7.63. The predicted molar refractivity (Wildman–Crippen MR) is 211 cm³/mol. The van der Waals surface area contributed by atoms with Gasteiger partial charge in [0.05, 0.1) is 27.9 Å². The molecule has 10 aromatic rings. The topological polar surface area (TPSA) is 43.6 Å². The number of hydrogen-bond donors (Lipinski definition) is 0. The second-order valence-corrected chi connectivity index (χ2v) is 12.8. The predicted octanol–water partition coefficient (Wildman–Crippen LogP) is 11.9. The van der Waals surface area contributed by atoms with Crippen molar-refractivity contribution in [3.63, 3.8) is 0 Å². The van der Waals surface area contributed by atoms with Crippen LogP contribution in [0.2, 0.25) is 0 Å². The zero-order valence-corrected chi connectivity index (χ0v) is 27.6. The second-order valence-electron chi connectivity index (χ2n) is 12.8. The van der Waals surface area contributed by atoms with Gasteiger partial charge >= 0.3 is 0 Å². The van der Waals surface area contributed by atoms with Crippen LogP contribution < -0.4 is 0 Å². The van der Waals surface area contributed by atoms with Gasteiger partial charge in [0.15, 0.2) is 0 Å². The fraction of sp³-hybridized carbons (Fsp3) is 0. The standard InChI is InChI=1S/C47H30N4/c1-2-11-32(12-3-1)45-36-13-4-6-15-38(36)46(39-16-7-5-14-37(39)45)34-23-27-42(50-30-34)41-26-22-33(29-49-41)31-20-24-35(25-21-31)51-43-18-9-8-17-40(43)47-44(51)19-10-28-48-47/h1-30H. The molecule has 0 aliphatic rings. The molecule has 4 heteroatoms. The van der Waals surface area contributed by atoms with E-state index in [0.29, 0.717) is 0 Å². The van der Waals surface area contributed by atoms with Crippen LogP contribution in [0.4, 0.5) is 0 Å². The first-order valence-corrected chi connectivity index (χ1v) is 17.2. The first-order chi connectivity index (χ1) is 25.3. The summed E-state index contributed by atoms with van der Waals surface area (Å²) in [7, 11) is 0. The summed E-state index contributed by atoms with van der Waals surface area (Å²) in [6.45, 7) is 0. The lowest BCUT2D eigenvalue weighted by molar-refractivity contribution is 1.17. The van der Waals surface area contributed by atoms with Gasteiger partial charge in [-0.15, -0.1) is 0 Å². The van der Waals surface area contributed by atoms with Gasteiger partial charge in [-0.3, -0.25) is 15.0 Å². The van der Waals surface area contributed by atoms with Crippen molar-refractivity contribution in [2.24, 2.45) is 0 Å². The zero-order chi connectivity index (χ0) is 33.7. The number of rotatable bonds is 5. The largest absolute Gasteiger partial charge is 0.308 e. The van der Waals surface area contributed by atoms with Gasteiger partial charge in [0.2, 0.25) is 0 Å². The normalized spacial score (nSPS) is 11.5. The lowest BCUT2D eigenvalue weighted by atomic mass is 9.86. The molecule has 0 aliphatic carbocycles. The second kappa shape index (κ2) is 11.9. The van der Waals surface area contributed by atoms with Crippen molar-refractivity contribution in [1.82, 2.24) is 19.5 Å². The molecule has 0 atom stereocenters. The molecular weight excluding hydrogens is 621 g/mol. The summed E-state index contributed by atoms with van der Waals surface area (Å²) in [5.74, 6) is 0. The molecule has 51 heavy (non-hydrogen) atoms. The Balaban J connectivity index is 0.977. The SMILES string of the molecule is c1ccc(-c2c3ccccc3c(-c3ccc(-c4ccc(-c5ccc(-n6c7ccccc7c7ncccc76)cc5)cn4)nc3)c3ccccc23)cc1. The summed E-state index contributed by atoms with van der Waals surface area (Å²) >= 11 is 0. The molecule has 0 spiro atoms. The van der Waals surface area contributed by atoms with Crippen molar-refractivity contribution in [1.29, 1.82) is 0 Å². The minimum Gasteiger partial charge on any atom is -0.308 e. The monoisotopic (exact) mass is 650 g/mol. The van der Waals surface area contributed by atoms with Crippen molar-refractivity contribution < 1.29 is 0 Å². The Kier molecular flexibility index (Phi) is 6.78. The van der Waals surface area contributed by atoms with Gasteiger partial charge in [-0.1, -0.05) is 121 Å². The summed E-state index contributed by atoms with van der Waals surface area (Å²) in [5, 5.41) is 6.06. The van der Waals surface area contributed by atoms with E-state index in [9.17, 15) is 0 Å². The molecule has 238 valence electrons. The number of hydrogen-bond acceptors (Lipinski definition) is 3. The molecular formula is C47H30N4. The molecule has 0 saturated carbocycles. The first kappa shape index (κ1) is 29.0. The van der Waals surface area contributed by atoms with E-state index in [0.717, 1.165) is 55.7 Å². The molecule has 4 heterocycles. The highest BCUT2D eigenvalue weighted by Gasteiger charge is 2.17. The van der Waals surface area contributed by atoms with E-state index < -0.39 is 0 Å². The highest BCUT2D eigenvalue weighted by Crippen LogP contribution is 2.43. The summed E-state index contributed by atoms with van der Waals surface area (Å²) in [6, 6.07) is 57.8. The highest BCUT2D eigenvalue weighted by molar-refractivity contribution is 6.21. The number of pyridine rings is 3. The van der Waals surface area contributed by atoms with Crippen molar-refractivity contribution in [2.45, 2.75) is 0 Å². The molecule has 6 aromatic carbocycles. The van der Waals surface area contributed by atoms with Gasteiger partial charge in [-0.25, -0.2) is 0 Å². The molecule has 0 bridgehead atoms. The maximum Gasteiger partial charge on any atom is 0.0963 e. The zero-order valence-electron chi connectivity index (χ0n) is 27.6. The third-order valence-corrected chi connectivity index (χ3v) is 9.96. The molecule has 0 fully saturated rings. The van der Waals surface area contributed by atoms with Gasteiger partial charge in [-0.05, 0) is 86.3 Å². The Morgan fingerprint density at radius 2 is 0.843 bits per heavy atom. The molecule has 0 N–H and O–H groups in total. The van der Waals surface area contributed by atoms with Crippen molar-refractivity contribution in [3.05, 3.63) is 182 Å². The van der Waals surface area contributed by atoms with E-state index in [1.54, 1.807) is 0 Å². The van der Waals surface area contributed by atoms with E-state index in [1.165, 1.54) is 38.2 Å². The number of fused-ring (bicyclic) bond motifs is 5. The maximum atomic E-state index is 4.94. The van der Waals surface area contributed by atoms with Gasteiger partial charge in [-0.2, -0.15) is 0 Å². The van der Waals surface area contributed by atoms with Crippen LogP contribution in [-0.2, 0) is 0 Å². The summed E-state index contributed by atoms with van der Waals surface area (Å²) in [6.07, 6.45) is 5.79. The van der Waals surface area contributed by atoms with Crippen LogP contribution in [0, 0.1) is 0 Å². The van der Waals surface area contributed by atoms with Crippen LogP contribution in [0.1, 0.15) is 0 Å². The van der Waals surface area contributed by atoms with E-state index >= 15 is 0 Å².